The van der Waals surface area contributed by atoms with E-state index < -0.39 is 6.29 Å². The second kappa shape index (κ2) is 10.3. The zero-order valence-corrected chi connectivity index (χ0v) is 12.7. The van der Waals surface area contributed by atoms with Crippen LogP contribution in [0, 0.1) is 87.4 Å². The van der Waals surface area contributed by atoms with Crippen LogP contribution in [-0.2, 0) is 26.5 Å². The predicted octanol–water partition coefficient (Wildman–Crippen LogP) is 2.18. The van der Waals surface area contributed by atoms with Crippen molar-refractivity contribution < 1.29 is 26.5 Å². The summed E-state index contributed by atoms with van der Waals surface area (Å²) >= 11 is 0. The van der Waals surface area contributed by atoms with Gasteiger partial charge >= 0.3 is 0 Å². The molecular formula is C18H16FeO2. The first kappa shape index (κ1) is 18.6. The Bertz CT molecular complexity index is 329. The number of terminal acetylenes is 2. The number of rotatable bonds is 1. The SMILES string of the molecule is C#C[C]1[CH][CH][C](C#C)[C]1C1OCCCO1.[CH]1[CH][CH][CH][CH]1.[Fe]. The molecule has 1 aliphatic heterocycles. The second-order valence-electron chi connectivity index (χ2n) is 4.25. The third kappa shape index (κ3) is 5.35. The molecule has 0 aromatic heterocycles. The van der Waals surface area contributed by atoms with Crippen molar-refractivity contribution in [3.8, 4) is 24.7 Å². The summed E-state index contributed by atoms with van der Waals surface area (Å²) in [5.74, 6) is 7.52. The van der Waals surface area contributed by atoms with Gasteiger partial charge in [-0.05, 0) is 51.4 Å². The standard InChI is InChI=1S/C13H11O2.C5H5.Fe/c1-3-10-6-7-11(4-2)12(10)13-14-8-5-9-15-13;1-2-4-5-3-1;/h1-2,6-7,13H,5,8-9H2;1-5H;. The van der Waals surface area contributed by atoms with Crippen molar-refractivity contribution in [3.05, 3.63) is 62.7 Å². The van der Waals surface area contributed by atoms with Crippen LogP contribution in [-0.4, -0.2) is 19.5 Å². The number of ether oxygens (including phenoxy) is 2. The van der Waals surface area contributed by atoms with Crippen molar-refractivity contribution in [1.29, 1.82) is 0 Å². The Balaban J connectivity index is 0.000000313. The maximum absolute atomic E-state index is 5.49. The van der Waals surface area contributed by atoms with Gasteiger partial charge in [0.05, 0.1) is 31.0 Å². The molecule has 3 aliphatic rings. The van der Waals surface area contributed by atoms with Gasteiger partial charge in [-0.2, -0.15) is 0 Å². The van der Waals surface area contributed by atoms with Gasteiger partial charge in [0.15, 0.2) is 6.29 Å². The second-order valence-corrected chi connectivity index (χ2v) is 4.25. The molecule has 2 nitrogen and oxygen atoms in total. The van der Waals surface area contributed by atoms with E-state index in [9.17, 15) is 0 Å². The van der Waals surface area contributed by atoms with Crippen molar-refractivity contribution in [2.24, 2.45) is 0 Å². The fourth-order valence-electron chi connectivity index (χ4n) is 1.97. The van der Waals surface area contributed by atoms with E-state index in [1.807, 2.05) is 44.9 Å². The van der Waals surface area contributed by atoms with Crippen LogP contribution >= 0.6 is 0 Å². The molecule has 3 rings (SSSR count). The van der Waals surface area contributed by atoms with Gasteiger partial charge in [-0.25, -0.2) is 0 Å². The smallest absolute Gasteiger partial charge is 0.167 e. The molecule has 1 heterocycles. The van der Waals surface area contributed by atoms with Crippen molar-refractivity contribution in [2.75, 3.05) is 13.2 Å². The molecular weight excluding hydrogens is 304 g/mol. The van der Waals surface area contributed by atoms with E-state index in [0.29, 0.717) is 13.2 Å². The molecule has 0 bridgehead atoms. The Morgan fingerprint density at radius 1 is 0.857 bits per heavy atom. The van der Waals surface area contributed by atoms with Gasteiger partial charge in [0.2, 0.25) is 0 Å². The molecule has 1 saturated heterocycles. The molecule has 0 spiro atoms. The quantitative estimate of drug-likeness (QED) is 0.545. The zero-order chi connectivity index (χ0) is 14.2. The van der Waals surface area contributed by atoms with E-state index in [2.05, 4.69) is 11.8 Å². The fraction of sp³-hybridized carbons (Fsp3) is 0.222. The van der Waals surface area contributed by atoms with Crippen LogP contribution in [0.1, 0.15) is 6.42 Å². The van der Waals surface area contributed by atoms with E-state index in [4.69, 9.17) is 22.3 Å². The van der Waals surface area contributed by atoms with E-state index in [-0.39, 0.29) is 17.1 Å². The molecule has 0 aromatic carbocycles. The van der Waals surface area contributed by atoms with E-state index in [0.717, 1.165) is 24.2 Å². The van der Waals surface area contributed by atoms with E-state index in [1.54, 1.807) is 0 Å². The summed E-state index contributed by atoms with van der Waals surface area (Å²) in [6.07, 6.45) is 25.0. The van der Waals surface area contributed by atoms with Gasteiger partial charge in [-0.15, -0.1) is 12.8 Å². The summed E-state index contributed by atoms with van der Waals surface area (Å²) in [6.45, 7) is 1.37. The maximum Gasteiger partial charge on any atom is 0.167 e. The summed E-state index contributed by atoms with van der Waals surface area (Å²) < 4.78 is 11.0. The van der Waals surface area contributed by atoms with Crippen molar-refractivity contribution in [2.45, 2.75) is 12.7 Å². The number of hydrogen-bond acceptors (Lipinski definition) is 2. The fourth-order valence-corrected chi connectivity index (χ4v) is 1.97. The van der Waals surface area contributed by atoms with Crippen molar-refractivity contribution in [1.82, 2.24) is 0 Å². The molecule has 0 amide bonds. The van der Waals surface area contributed by atoms with E-state index in [1.165, 1.54) is 0 Å². The van der Waals surface area contributed by atoms with Gasteiger partial charge in [-0.1, -0.05) is 11.8 Å². The van der Waals surface area contributed by atoms with Crippen molar-refractivity contribution in [3.63, 3.8) is 0 Å². The summed E-state index contributed by atoms with van der Waals surface area (Å²) in [5, 5.41) is 0. The molecule has 2 saturated carbocycles. The van der Waals surface area contributed by atoms with Gasteiger partial charge < -0.3 is 9.47 Å². The van der Waals surface area contributed by atoms with Crippen LogP contribution in [0.3, 0.4) is 0 Å². The van der Waals surface area contributed by atoms with Gasteiger partial charge in [0, 0.05) is 17.1 Å². The molecule has 3 fully saturated rings. The molecule has 2 aliphatic carbocycles. The van der Waals surface area contributed by atoms with Gasteiger partial charge in [0.25, 0.3) is 0 Å². The summed E-state index contributed by atoms with van der Waals surface area (Å²) in [6, 6.07) is 0. The largest absolute Gasteiger partial charge is 0.352 e. The van der Waals surface area contributed by atoms with Crippen LogP contribution < -0.4 is 0 Å². The first-order valence-corrected chi connectivity index (χ1v) is 6.49. The Labute approximate surface area is 140 Å². The van der Waals surface area contributed by atoms with Crippen LogP contribution in [0.5, 0.6) is 0 Å². The Kier molecular flexibility index (Phi) is 9.14. The molecule has 21 heavy (non-hydrogen) atoms. The Hall–Kier alpha value is -0.441. The molecule has 0 N–H and O–H groups in total. The zero-order valence-electron chi connectivity index (χ0n) is 11.6. The molecule has 0 atom stereocenters. The van der Waals surface area contributed by atoms with Gasteiger partial charge in [-0.3, -0.25) is 0 Å². The average molecular weight is 320 g/mol. The maximum atomic E-state index is 5.49. The third-order valence-electron chi connectivity index (χ3n) is 2.93. The summed E-state index contributed by atoms with van der Waals surface area (Å²) in [4.78, 5) is 0. The minimum absolute atomic E-state index is 0. The summed E-state index contributed by atoms with van der Waals surface area (Å²) in [7, 11) is 0. The normalized spacial score (nSPS) is 24.5. The molecule has 3 heteroatoms. The number of hydrogen-bond donors (Lipinski definition) is 0. The topological polar surface area (TPSA) is 18.5 Å². The molecule has 10 radical (unpaired) electrons. The Morgan fingerprint density at radius 2 is 1.29 bits per heavy atom. The predicted molar refractivity (Wildman–Crippen MR) is 77.8 cm³/mol. The van der Waals surface area contributed by atoms with Crippen LogP contribution in [0.4, 0.5) is 0 Å². The minimum Gasteiger partial charge on any atom is -0.352 e. The molecule has 0 unspecified atom stereocenters. The van der Waals surface area contributed by atoms with Crippen molar-refractivity contribution >= 4 is 0 Å². The first-order chi connectivity index (χ1) is 9.86. The van der Waals surface area contributed by atoms with Gasteiger partial charge in [0.1, 0.15) is 0 Å². The monoisotopic (exact) mass is 320 g/mol. The van der Waals surface area contributed by atoms with Crippen LogP contribution in [0.2, 0.25) is 0 Å². The van der Waals surface area contributed by atoms with E-state index >= 15 is 0 Å². The Morgan fingerprint density at radius 3 is 1.67 bits per heavy atom. The molecule has 108 valence electrons. The first-order valence-electron chi connectivity index (χ1n) is 6.49. The third-order valence-corrected chi connectivity index (χ3v) is 2.93. The minimum atomic E-state index is -0.397. The summed E-state index contributed by atoms with van der Waals surface area (Å²) in [5.41, 5.74) is 0. The average Bonchev–Trinajstić information content (AvgIpc) is 3.20. The molecule has 0 aromatic rings. The van der Waals surface area contributed by atoms with Crippen LogP contribution in [0.25, 0.3) is 0 Å². The van der Waals surface area contributed by atoms with Crippen LogP contribution in [0.15, 0.2) is 0 Å².